The zero-order chi connectivity index (χ0) is 14.7. The van der Waals surface area contributed by atoms with Crippen LogP contribution >= 0.6 is 0 Å². The molecule has 2 aromatic rings. The van der Waals surface area contributed by atoms with E-state index in [4.69, 9.17) is 10.8 Å². The highest BCUT2D eigenvalue weighted by Gasteiger charge is 2.20. The summed E-state index contributed by atoms with van der Waals surface area (Å²) in [7, 11) is 0. The topological polar surface area (TPSA) is 63.8 Å². The van der Waals surface area contributed by atoms with Crippen LogP contribution in [0.2, 0.25) is 0 Å². The molecular formula is C17H22N4. The van der Waals surface area contributed by atoms with E-state index >= 15 is 0 Å². The fraction of sp³-hybridized carbons (Fsp3) is 0.412. The predicted octanol–water partition coefficient (Wildman–Crippen LogP) is 3.32. The molecule has 0 amide bonds. The number of nitrogen functional groups attached to an aromatic ring is 1. The minimum atomic E-state index is 0.565. The van der Waals surface area contributed by atoms with E-state index in [-0.39, 0.29) is 0 Å². The van der Waals surface area contributed by atoms with E-state index in [1.54, 1.807) is 0 Å². The van der Waals surface area contributed by atoms with Crippen LogP contribution in [-0.2, 0) is 6.42 Å². The van der Waals surface area contributed by atoms with Gasteiger partial charge in [-0.1, -0.05) is 37.1 Å². The highest BCUT2D eigenvalue weighted by Crippen LogP contribution is 2.33. The monoisotopic (exact) mass is 282 g/mol. The first kappa shape index (κ1) is 14.0. The smallest absolute Gasteiger partial charge is 0.143 e. The molecule has 0 unspecified atom stereocenters. The van der Waals surface area contributed by atoms with Crippen LogP contribution in [0.5, 0.6) is 0 Å². The first-order chi connectivity index (χ1) is 10.3. The summed E-state index contributed by atoms with van der Waals surface area (Å²) < 4.78 is 0. The van der Waals surface area contributed by atoms with Crippen LogP contribution < -0.4 is 11.3 Å². The lowest BCUT2D eigenvalue weighted by molar-refractivity contribution is 0.686. The summed E-state index contributed by atoms with van der Waals surface area (Å²) in [4.78, 5) is 9.31. The Morgan fingerprint density at radius 2 is 1.95 bits per heavy atom. The van der Waals surface area contributed by atoms with Gasteiger partial charge in [0.05, 0.1) is 0 Å². The lowest BCUT2D eigenvalue weighted by Crippen LogP contribution is -2.13. The van der Waals surface area contributed by atoms with Gasteiger partial charge in [-0.05, 0) is 30.9 Å². The van der Waals surface area contributed by atoms with Crippen molar-refractivity contribution in [2.45, 2.75) is 44.9 Å². The molecule has 0 bridgehead atoms. The summed E-state index contributed by atoms with van der Waals surface area (Å²) in [6.45, 7) is 2.12. The Morgan fingerprint density at radius 1 is 1.19 bits per heavy atom. The van der Waals surface area contributed by atoms with E-state index in [0.717, 1.165) is 23.8 Å². The molecule has 1 heterocycles. The van der Waals surface area contributed by atoms with Crippen molar-refractivity contribution in [3.05, 3.63) is 53.0 Å². The van der Waals surface area contributed by atoms with Crippen molar-refractivity contribution in [2.75, 3.05) is 5.43 Å². The van der Waals surface area contributed by atoms with Crippen molar-refractivity contribution in [1.82, 2.24) is 9.97 Å². The quantitative estimate of drug-likeness (QED) is 0.667. The van der Waals surface area contributed by atoms with Crippen LogP contribution in [0.15, 0.2) is 30.3 Å². The Labute approximate surface area is 125 Å². The highest BCUT2D eigenvalue weighted by atomic mass is 15.3. The molecule has 0 radical (unpaired) electrons. The maximum atomic E-state index is 5.57. The van der Waals surface area contributed by atoms with E-state index in [1.807, 2.05) is 6.07 Å². The SMILES string of the molecule is Cc1ccccc1Cc1nc(NN)cc(C2CCCC2)n1. The second kappa shape index (κ2) is 6.22. The fourth-order valence-electron chi connectivity index (χ4n) is 3.08. The lowest BCUT2D eigenvalue weighted by atomic mass is 10.0. The minimum absolute atomic E-state index is 0.565. The first-order valence-electron chi connectivity index (χ1n) is 7.65. The maximum absolute atomic E-state index is 5.57. The molecule has 1 aromatic carbocycles. The number of hydrogen-bond acceptors (Lipinski definition) is 4. The summed E-state index contributed by atoms with van der Waals surface area (Å²) in [6, 6.07) is 10.4. The van der Waals surface area contributed by atoms with Crippen molar-refractivity contribution < 1.29 is 0 Å². The molecule has 110 valence electrons. The first-order valence-corrected chi connectivity index (χ1v) is 7.65. The molecule has 1 aliphatic carbocycles. The van der Waals surface area contributed by atoms with Gasteiger partial charge in [0.2, 0.25) is 0 Å². The molecule has 3 N–H and O–H groups in total. The number of nitrogens with one attached hydrogen (secondary N) is 1. The van der Waals surface area contributed by atoms with Gasteiger partial charge in [0.25, 0.3) is 0 Å². The molecule has 4 heteroatoms. The van der Waals surface area contributed by atoms with Crippen LogP contribution in [0.4, 0.5) is 5.82 Å². The van der Waals surface area contributed by atoms with Gasteiger partial charge in [-0.25, -0.2) is 15.8 Å². The van der Waals surface area contributed by atoms with Gasteiger partial charge in [-0.3, -0.25) is 0 Å². The zero-order valence-electron chi connectivity index (χ0n) is 12.5. The molecule has 0 spiro atoms. The van der Waals surface area contributed by atoms with Crippen LogP contribution in [0, 0.1) is 6.92 Å². The van der Waals surface area contributed by atoms with E-state index in [1.165, 1.54) is 36.8 Å². The summed E-state index contributed by atoms with van der Waals surface area (Å²) >= 11 is 0. The van der Waals surface area contributed by atoms with Gasteiger partial charge in [-0.2, -0.15) is 0 Å². The molecule has 3 rings (SSSR count). The van der Waals surface area contributed by atoms with Crippen LogP contribution in [0.3, 0.4) is 0 Å². The van der Waals surface area contributed by atoms with E-state index < -0.39 is 0 Å². The molecule has 1 saturated carbocycles. The highest BCUT2D eigenvalue weighted by molar-refractivity contribution is 5.37. The number of benzene rings is 1. The second-order valence-electron chi connectivity index (χ2n) is 5.82. The summed E-state index contributed by atoms with van der Waals surface area (Å²) in [5.41, 5.74) is 6.36. The van der Waals surface area contributed by atoms with E-state index in [0.29, 0.717) is 5.92 Å². The van der Waals surface area contributed by atoms with Gasteiger partial charge >= 0.3 is 0 Å². The average Bonchev–Trinajstić information content (AvgIpc) is 3.04. The molecule has 21 heavy (non-hydrogen) atoms. The van der Waals surface area contributed by atoms with Crippen LogP contribution in [-0.4, -0.2) is 9.97 Å². The molecule has 1 aromatic heterocycles. The van der Waals surface area contributed by atoms with Crippen molar-refractivity contribution in [2.24, 2.45) is 5.84 Å². The number of nitrogens with zero attached hydrogens (tertiary/aromatic N) is 2. The van der Waals surface area contributed by atoms with Crippen molar-refractivity contribution in [3.8, 4) is 0 Å². The molecule has 0 saturated heterocycles. The number of rotatable bonds is 4. The summed E-state index contributed by atoms with van der Waals surface area (Å²) in [6.07, 6.45) is 5.80. The van der Waals surface area contributed by atoms with Crippen LogP contribution in [0.25, 0.3) is 0 Å². The summed E-state index contributed by atoms with van der Waals surface area (Å²) in [5, 5.41) is 0. The third kappa shape index (κ3) is 3.22. The Hall–Kier alpha value is -1.94. The zero-order valence-corrected chi connectivity index (χ0v) is 12.5. The number of hydrogen-bond donors (Lipinski definition) is 2. The number of anilines is 1. The molecular weight excluding hydrogens is 260 g/mol. The third-order valence-corrected chi connectivity index (χ3v) is 4.32. The standard InChI is InChI=1S/C17H22N4/c1-12-6-2-3-9-14(12)10-16-19-15(11-17(20-16)21-18)13-7-4-5-8-13/h2-3,6,9,11,13H,4-5,7-8,10,18H2,1H3,(H,19,20,21). The Kier molecular flexibility index (Phi) is 4.15. The molecule has 0 atom stereocenters. The van der Waals surface area contributed by atoms with Crippen molar-refractivity contribution in [3.63, 3.8) is 0 Å². The Bertz CT molecular complexity index is 618. The Balaban J connectivity index is 1.90. The largest absolute Gasteiger partial charge is 0.308 e. The predicted molar refractivity (Wildman–Crippen MR) is 85.0 cm³/mol. The molecule has 1 aliphatic rings. The number of nitrogens with two attached hydrogens (primary N) is 1. The normalized spacial score (nSPS) is 15.3. The number of aromatic nitrogens is 2. The van der Waals surface area contributed by atoms with Gasteiger partial charge < -0.3 is 5.43 Å². The Morgan fingerprint density at radius 3 is 2.67 bits per heavy atom. The summed E-state index contributed by atoms with van der Waals surface area (Å²) in [5.74, 6) is 7.70. The van der Waals surface area contributed by atoms with E-state index in [2.05, 4.69) is 41.6 Å². The average molecular weight is 282 g/mol. The third-order valence-electron chi connectivity index (χ3n) is 4.32. The molecule has 1 fully saturated rings. The van der Waals surface area contributed by atoms with Gasteiger partial charge in [0.15, 0.2) is 0 Å². The maximum Gasteiger partial charge on any atom is 0.143 e. The van der Waals surface area contributed by atoms with Gasteiger partial charge in [0.1, 0.15) is 11.6 Å². The van der Waals surface area contributed by atoms with Crippen molar-refractivity contribution >= 4 is 5.82 Å². The second-order valence-corrected chi connectivity index (χ2v) is 5.82. The number of hydrazine groups is 1. The van der Waals surface area contributed by atoms with Crippen LogP contribution in [0.1, 0.15) is 54.2 Å². The fourth-order valence-corrected chi connectivity index (χ4v) is 3.08. The lowest BCUT2D eigenvalue weighted by Gasteiger charge is -2.13. The number of aryl methyl sites for hydroxylation is 1. The van der Waals surface area contributed by atoms with Gasteiger partial charge in [0, 0.05) is 24.1 Å². The van der Waals surface area contributed by atoms with Gasteiger partial charge in [-0.15, -0.1) is 0 Å². The van der Waals surface area contributed by atoms with Crippen molar-refractivity contribution in [1.29, 1.82) is 0 Å². The van der Waals surface area contributed by atoms with E-state index in [9.17, 15) is 0 Å². The minimum Gasteiger partial charge on any atom is -0.308 e. The molecule has 0 aliphatic heterocycles. The molecule has 4 nitrogen and oxygen atoms in total.